The molecule has 0 aromatic carbocycles. The first-order valence-electron chi connectivity index (χ1n) is 18.1. The van der Waals surface area contributed by atoms with E-state index in [0.29, 0.717) is 13.0 Å². The second-order valence-electron chi connectivity index (χ2n) is 12.4. The minimum absolute atomic E-state index is 0.00710. The molecule has 41 heavy (non-hydrogen) atoms. The van der Waals surface area contributed by atoms with Crippen LogP contribution in [0.25, 0.3) is 0 Å². The monoisotopic (exact) mass is 579 g/mol. The Morgan fingerprint density at radius 1 is 0.537 bits per heavy atom. The lowest BCUT2D eigenvalue weighted by molar-refractivity contribution is -0.151. The molecule has 1 N–H and O–H groups in total. The molecule has 0 aliphatic heterocycles. The summed E-state index contributed by atoms with van der Waals surface area (Å²) in [5.41, 5.74) is 0. The lowest BCUT2D eigenvalue weighted by Gasteiger charge is -2.11. The number of carboxylic acid groups (broad SMARTS) is 1. The van der Waals surface area contributed by atoms with Gasteiger partial charge >= 0.3 is 11.9 Å². The van der Waals surface area contributed by atoms with Gasteiger partial charge in [-0.15, -0.1) is 0 Å². The van der Waals surface area contributed by atoms with Crippen LogP contribution in [0.15, 0.2) is 12.2 Å². The second-order valence-corrected chi connectivity index (χ2v) is 12.4. The number of carboxylic acids is 1. The molecule has 0 aromatic rings. The van der Waals surface area contributed by atoms with E-state index in [0.717, 1.165) is 19.3 Å². The number of aliphatic carboxylic acids is 1. The van der Waals surface area contributed by atoms with E-state index in [9.17, 15) is 14.7 Å². The molecule has 4 heteroatoms. The maximum absolute atomic E-state index is 11.7. The van der Waals surface area contributed by atoms with Crippen LogP contribution in [0.1, 0.15) is 200 Å². The molecule has 0 radical (unpaired) electrons. The average molecular weight is 579 g/mol. The molecule has 0 heterocycles. The van der Waals surface area contributed by atoms with Crippen LogP contribution >= 0.6 is 0 Å². The highest BCUT2D eigenvalue weighted by Gasteiger charge is 2.21. The third kappa shape index (κ3) is 31.4. The minimum atomic E-state index is -0.873. The van der Waals surface area contributed by atoms with Gasteiger partial charge in [0.05, 0.1) is 18.9 Å². The van der Waals surface area contributed by atoms with E-state index < -0.39 is 11.9 Å². The minimum Gasteiger partial charge on any atom is -0.481 e. The van der Waals surface area contributed by atoms with Crippen LogP contribution in [0.2, 0.25) is 0 Å². The van der Waals surface area contributed by atoms with Crippen molar-refractivity contribution >= 4 is 11.9 Å². The number of esters is 1. The molecular formula is C37H70O4. The van der Waals surface area contributed by atoms with Crippen LogP contribution in [0.5, 0.6) is 0 Å². The SMILES string of the molecule is CCCCCCC/C=C/CCCCCCCCCCCCCCCCCCCCCC(CC(=O)OCCC)C(=O)O. The van der Waals surface area contributed by atoms with Crippen LogP contribution in [-0.4, -0.2) is 23.7 Å². The fourth-order valence-electron chi connectivity index (χ4n) is 5.55. The molecule has 242 valence electrons. The molecule has 4 nitrogen and oxygen atoms in total. The highest BCUT2D eigenvalue weighted by molar-refractivity contribution is 5.78. The van der Waals surface area contributed by atoms with Crippen molar-refractivity contribution in [1.29, 1.82) is 0 Å². The highest BCUT2D eigenvalue weighted by Crippen LogP contribution is 2.18. The molecule has 0 spiro atoms. The largest absolute Gasteiger partial charge is 0.481 e. The number of unbranched alkanes of at least 4 members (excludes halogenated alkanes) is 24. The summed E-state index contributed by atoms with van der Waals surface area (Å²) in [6.07, 6.45) is 41.0. The van der Waals surface area contributed by atoms with Crippen LogP contribution in [0.3, 0.4) is 0 Å². The molecule has 0 amide bonds. The van der Waals surface area contributed by atoms with Crippen molar-refractivity contribution in [1.82, 2.24) is 0 Å². The number of allylic oxidation sites excluding steroid dienone is 2. The Bertz CT molecular complexity index is 585. The lowest BCUT2D eigenvalue weighted by atomic mass is 9.97. The summed E-state index contributed by atoms with van der Waals surface area (Å²) in [7, 11) is 0. The zero-order valence-electron chi connectivity index (χ0n) is 27.6. The predicted molar refractivity (Wildman–Crippen MR) is 176 cm³/mol. The Labute approximate surface area is 255 Å². The van der Waals surface area contributed by atoms with Gasteiger partial charge in [0.1, 0.15) is 0 Å². The molecule has 0 aliphatic rings. The molecule has 0 bridgehead atoms. The number of rotatable bonds is 33. The van der Waals surface area contributed by atoms with Crippen molar-refractivity contribution in [3.8, 4) is 0 Å². The molecule has 0 fully saturated rings. The van der Waals surface area contributed by atoms with E-state index >= 15 is 0 Å². The van der Waals surface area contributed by atoms with E-state index in [-0.39, 0.29) is 12.4 Å². The summed E-state index contributed by atoms with van der Waals surface area (Å²) in [4.78, 5) is 23.1. The average Bonchev–Trinajstić information content (AvgIpc) is 2.96. The van der Waals surface area contributed by atoms with Crippen LogP contribution in [0, 0.1) is 5.92 Å². The predicted octanol–water partition coefficient (Wildman–Crippen LogP) is 12.1. The molecule has 0 aliphatic carbocycles. The zero-order valence-corrected chi connectivity index (χ0v) is 27.6. The fraction of sp³-hybridized carbons (Fsp3) is 0.892. The summed E-state index contributed by atoms with van der Waals surface area (Å²) in [6.45, 7) is 4.59. The third-order valence-electron chi connectivity index (χ3n) is 8.29. The van der Waals surface area contributed by atoms with Gasteiger partial charge in [0, 0.05) is 0 Å². The van der Waals surface area contributed by atoms with E-state index in [2.05, 4.69) is 19.1 Å². The Morgan fingerprint density at radius 3 is 1.27 bits per heavy atom. The Hall–Kier alpha value is -1.32. The van der Waals surface area contributed by atoms with Crippen molar-refractivity contribution in [3.63, 3.8) is 0 Å². The molecule has 0 rings (SSSR count). The van der Waals surface area contributed by atoms with Crippen LogP contribution in [-0.2, 0) is 14.3 Å². The summed E-state index contributed by atoms with van der Waals surface area (Å²) < 4.78 is 5.03. The van der Waals surface area contributed by atoms with Gasteiger partial charge in [-0.2, -0.15) is 0 Å². The number of carbonyl (C=O) groups is 2. The first-order valence-corrected chi connectivity index (χ1v) is 18.1. The number of hydrogen-bond acceptors (Lipinski definition) is 3. The zero-order chi connectivity index (χ0) is 30.1. The number of ether oxygens (including phenoxy) is 1. The topological polar surface area (TPSA) is 63.6 Å². The van der Waals surface area contributed by atoms with E-state index in [4.69, 9.17) is 4.74 Å². The quantitative estimate of drug-likeness (QED) is 0.0478. The van der Waals surface area contributed by atoms with Crippen LogP contribution < -0.4 is 0 Å². The molecule has 1 atom stereocenters. The second kappa shape index (κ2) is 33.2. The summed E-state index contributed by atoms with van der Waals surface area (Å²) in [5, 5.41) is 9.34. The first kappa shape index (κ1) is 39.7. The maximum atomic E-state index is 11.7. The van der Waals surface area contributed by atoms with E-state index in [1.807, 2.05) is 6.92 Å². The smallest absolute Gasteiger partial charge is 0.307 e. The van der Waals surface area contributed by atoms with Crippen molar-refractivity contribution in [3.05, 3.63) is 12.2 Å². The van der Waals surface area contributed by atoms with Crippen molar-refractivity contribution < 1.29 is 19.4 Å². The van der Waals surface area contributed by atoms with Gasteiger partial charge in [-0.1, -0.05) is 167 Å². The Balaban J connectivity index is 3.28. The molecular weight excluding hydrogens is 508 g/mol. The maximum Gasteiger partial charge on any atom is 0.307 e. The third-order valence-corrected chi connectivity index (χ3v) is 8.29. The standard InChI is InChI=1S/C37H70O4/c1-3-5-6-7-8-9-10-11-12-13-14-15-16-17-18-19-20-21-22-23-24-25-26-27-28-29-30-31-32-35(37(39)40)34-36(38)41-33-4-2/h10-11,35H,3-9,12-34H2,1-2H3,(H,39,40)/b11-10+. The van der Waals surface area contributed by atoms with Gasteiger partial charge in [0.2, 0.25) is 0 Å². The Morgan fingerprint density at radius 2 is 0.902 bits per heavy atom. The van der Waals surface area contributed by atoms with Crippen LogP contribution in [0.4, 0.5) is 0 Å². The fourth-order valence-corrected chi connectivity index (χ4v) is 5.55. The van der Waals surface area contributed by atoms with Gasteiger partial charge in [-0.3, -0.25) is 9.59 Å². The van der Waals surface area contributed by atoms with Gasteiger partial charge in [0.15, 0.2) is 0 Å². The lowest BCUT2D eigenvalue weighted by Crippen LogP contribution is -2.19. The van der Waals surface area contributed by atoms with Crippen molar-refractivity contribution in [2.75, 3.05) is 6.61 Å². The van der Waals surface area contributed by atoms with Gasteiger partial charge in [-0.05, 0) is 38.5 Å². The molecule has 0 aromatic heterocycles. The highest BCUT2D eigenvalue weighted by atomic mass is 16.5. The van der Waals surface area contributed by atoms with Gasteiger partial charge < -0.3 is 9.84 Å². The number of carbonyl (C=O) groups excluding carboxylic acids is 1. The van der Waals surface area contributed by atoms with Crippen molar-refractivity contribution in [2.45, 2.75) is 200 Å². The van der Waals surface area contributed by atoms with Gasteiger partial charge in [-0.25, -0.2) is 0 Å². The molecule has 0 saturated heterocycles. The Kier molecular flexibility index (Phi) is 32.1. The summed E-state index contributed by atoms with van der Waals surface area (Å²) in [6, 6.07) is 0. The van der Waals surface area contributed by atoms with E-state index in [1.54, 1.807) is 0 Å². The first-order chi connectivity index (χ1) is 20.1. The molecule has 0 saturated carbocycles. The summed E-state index contributed by atoms with van der Waals surface area (Å²) in [5.74, 6) is -1.85. The number of hydrogen-bond donors (Lipinski definition) is 1. The summed E-state index contributed by atoms with van der Waals surface area (Å²) >= 11 is 0. The normalized spacial score (nSPS) is 12.2. The van der Waals surface area contributed by atoms with E-state index in [1.165, 1.54) is 154 Å². The van der Waals surface area contributed by atoms with Crippen molar-refractivity contribution in [2.24, 2.45) is 5.92 Å². The molecule has 1 unspecified atom stereocenters. The van der Waals surface area contributed by atoms with Gasteiger partial charge in [0.25, 0.3) is 0 Å².